The lowest BCUT2D eigenvalue weighted by atomic mass is 9.99. The third kappa shape index (κ3) is 3.47. The van der Waals surface area contributed by atoms with Gasteiger partial charge >= 0.3 is 0 Å². The van der Waals surface area contributed by atoms with Crippen molar-refractivity contribution >= 4 is 11.6 Å². The van der Waals surface area contributed by atoms with Crippen molar-refractivity contribution in [2.24, 2.45) is 5.92 Å². The molecule has 22 heavy (non-hydrogen) atoms. The monoisotopic (exact) mass is 301 g/mol. The molecule has 118 valence electrons. The van der Waals surface area contributed by atoms with Gasteiger partial charge in [0.05, 0.1) is 17.8 Å². The summed E-state index contributed by atoms with van der Waals surface area (Å²) in [5.74, 6) is 0.650. The topological polar surface area (TPSA) is 55.6 Å². The van der Waals surface area contributed by atoms with Crippen LogP contribution >= 0.6 is 0 Å². The zero-order chi connectivity index (χ0) is 15.4. The third-order valence-electron chi connectivity index (χ3n) is 4.29. The Labute approximate surface area is 130 Å². The van der Waals surface area contributed by atoms with Gasteiger partial charge in [0.15, 0.2) is 0 Å². The number of hydrogen-bond donors (Lipinski definition) is 1. The molecule has 5 heteroatoms. The first kappa shape index (κ1) is 15.0. The van der Waals surface area contributed by atoms with Gasteiger partial charge in [-0.3, -0.25) is 4.79 Å². The van der Waals surface area contributed by atoms with Crippen molar-refractivity contribution in [3.8, 4) is 0 Å². The Morgan fingerprint density at radius 3 is 3.23 bits per heavy atom. The van der Waals surface area contributed by atoms with E-state index in [9.17, 15) is 4.79 Å². The second-order valence-corrected chi connectivity index (χ2v) is 5.97. The number of carbonyl (C=O) groups is 1. The van der Waals surface area contributed by atoms with Gasteiger partial charge in [-0.05, 0) is 44.2 Å². The van der Waals surface area contributed by atoms with E-state index >= 15 is 0 Å². The van der Waals surface area contributed by atoms with Crippen LogP contribution < -0.4 is 5.32 Å². The predicted molar refractivity (Wildman–Crippen MR) is 84.8 cm³/mol. The highest BCUT2D eigenvalue weighted by Crippen LogP contribution is 2.16. The predicted octanol–water partition coefficient (Wildman–Crippen LogP) is 2.12. The first-order valence-electron chi connectivity index (χ1n) is 8.01. The van der Waals surface area contributed by atoms with Gasteiger partial charge in [0.25, 0.3) is 0 Å². The smallest absolute Gasteiger partial charge is 0.226 e. The molecule has 5 nitrogen and oxygen atoms in total. The largest absolute Gasteiger partial charge is 0.381 e. The number of carbonyl (C=O) groups excluding carboxylic acids is 1. The summed E-state index contributed by atoms with van der Waals surface area (Å²) in [5, 5.41) is 3.02. The van der Waals surface area contributed by atoms with Crippen molar-refractivity contribution in [3.05, 3.63) is 35.8 Å². The summed E-state index contributed by atoms with van der Waals surface area (Å²) in [7, 11) is 0. The van der Waals surface area contributed by atoms with Crippen molar-refractivity contribution in [1.82, 2.24) is 14.7 Å². The fraction of sp³-hybridized carbons (Fsp3) is 0.529. The van der Waals surface area contributed by atoms with E-state index in [-0.39, 0.29) is 5.91 Å². The summed E-state index contributed by atoms with van der Waals surface area (Å²) >= 11 is 0. The number of fused-ring (bicyclic) bond motifs is 1. The molecule has 1 aliphatic heterocycles. The van der Waals surface area contributed by atoms with Crippen LogP contribution in [0.1, 0.15) is 30.7 Å². The highest BCUT2D eigenvalue weighted by Gasteiger charge is 2.15. The van der Waals surface area contributed by atoms with Gasteiger partial charge in [-0.2, -0.15) is 0 Å². The molecule has 0 spiro atoms. The number of pyridine rings is 1. The van der Waals surface area contributed by atoms with Crippen molar-refractivity contribution in [2.75, 3.05) is 19.8 Å². The summed E-state index contributed by atoms with van der Waals surface area (Å²) in [6, 6.07) is 5.87. The molecule has 2 aromatic heterocycles. The first-order chi connectivity index (χ1) is 10.7. The minimum Gasteiger partial charge on any atom is -0.381 e. The summed E-state index contributed by atoms with van der Waals surface area (Å²) in [6.45, 7) is 4.40. The van der Waals surface area contributed by atoms with Crippen molar-refractivity contribution < 1.29 is 9.53 Å². The third-order valence-corrected chi connectivity index (χ3v) is 4.29. The molecule has 1 saturated heterocycles. The van der Waals surface area contributed by atoms with Crippen molar-refractivity contribution in [1.29, 1.82) is 0 Å². The number of aryl methyl sites for hydroxylation is 1. The maximum absolute atomic E-state index is 12.2. The standard InChI is InChI=1S/C17H23N3O2/c1-13-15(20-9-3-2-6-16(20)19-13)11-17(21)18-8-7-14-5-4-10-22-12-14/h2-3,6,9,14H,4-5,7-8,10-12H2,1H3,(H,18,21)/t14-/m1/s1. The van der Waals surface area contributed by atoms with Gasteiger partial charge in [-0.15, -0.1) is 0 Å². The molecule has 1 amide bonds. The fourth-order valence-electron chi connectivity index (χ4n) is 3.04. The molecule has 3 rings (SSSR count). The normalized spacial score (nSPS) is 18.5. The number of nitrogens with one attached hydrogen (secondary N) is 1. The number of imidazole rings is 1. The molecule has 1 fully saturated rings. The lowest BCUT2D eigenvalue weighted by Crippen LogP contribution is -2.29. The number of amides is 1. The molecule has 1 N–H and O–H groups in total. The number of ether oxygens (including phenoxy) is 1. The Hall–Kier alpha value is -1.88. The second-order valence-electron chi connectivity index (χ2n) is 5.97. The SMILES string of the molecule is Cc1nc2ccccn2c1CC(=O)NCC[C@H]1CCCOC1. The van der Waals surface area contributed by atoms with E-state index in [1.807, 2.05) is 35.7 Å². The average Bonchev–Trinajstić information content (AvgIpc) is 2.84. The summed E-state index contributed by atoms with van der Waals surface area (Å²) in [6.07, 6.45) is 5.68. The molecule has 0 aliphatic carbocycles. The molecule has 1 aliphatic rings. The van der Waals surface area contributed by atoms with E-state index in [1.54, 1.807) is 0 Å². The lowest BCUT2D eigenvalue weighted by molar-refractivity contribution is -0.120. The zero-order valence-electron chi connectivity index (χ0n) is 13.0. The minimum atomic E-state index is 0.0606. The summed E-state index contributed by atoms with van der Waals surface area (Å²) in [4.78, 5) is 16.7. The molecule has 3 heterocycles. The van der Waals surface area contributed by atoms with E-state index in [0.29, 0.717) is 12.3 Å². The summed E-state index contributed by atoms with van der Waals surface area (Å²) in [5.41, 5.74) is 2.78. The van der Waals surface area contributed by atoms with Crippen LogP contribution in [0.2, 0.25) is 0 Å². The van der Waals surface area contributed by atoms with Crippen LogP contribution in [0, 0.1) is 12.8 Å². The number of rotatable bonds is 5. The summed E-state index contributed by atoms with van der Waals surface area (Å²) < 4.78 is 7.45. The Bertz CT molecular complexity index is 644. The Balaban J connectivity index is 1.53. The molecule has 2 aromatic rings. The van der Waals surface area contributed by atoms with E-state index in [2.05, 4.69) is 10.3 Å². The Kier molecular flexibility index (Phi) is 4.73. The van der Waals surface area contributed by atoms with E-state index in [0.717, 1.165) is 49.6 Å². The van der Waals surface area contributed by atoms with Crippen molar-refractivity contribution in [2.45, 2.75) is 32.6 Å². The first-order valence-corrected chi connectivity index (χ1v) is 8.01. The molecule has 0 aromatic carbocycles. The fourth-order valence-corrected chi connectivity index (χ4v) is 3.04. The molecule has 0 saturated carbocycles. The van der Waals surface area contributed by atoms with Crippen LogP contribution in [0.3, 0.4) is 0 Å². The van der Waals surface area contributed by atoms with Crippen LogP contribution in [-0.2, 0) is 16.0 Å². The van der Waals surface area contributed by atoms with Crippen LogP contribution in [0.15, 0.2) is 24.4 Å². The highest BCUT2D eigenvalue weighted by atomic mass is 16.5. The number of nitrogens with zero attached hydrogens (tertiary/aromatic N) is 2. The van der Waals surface area contributed by atoms with E-state index in [1.165, 1.54) is 6.42 Å². The van der Waals surface area contributed by atoms with Crippen LogP contribution in [-0.4, -0.2) is 35.1 Å². The van der Waals surface area contributed by atoms with Crippen LogP contribution in [0.5, 0.6) is 0 Å². The maximum atomic E-state index is 12.2. The second kappa shape index (κ2) is 6.92. The molecular formula is C17H23N3O2. The molecule has 0 bridgehead atoms. The van der Waals surface area contributed by atoms with Crippen molar-refractivity contribution in [3.63, 3.8) is 0 Å². The molecule has 0 unspecified atom stereocenters. The van der Waals surface area contributed by atoms with Crippen LogP contribution in [0.25, 0.3) is 5.65 Å². The Morgan fingerprint density at radius 1 is 1.50 bits per heavy atom. The van der Waals surface area contributed by atoms with Gasteiger partial charge in [0, 0.05) is 26.0 Å². The maximum Gasteiger partial charge on any atom is 0.226 e. The number of aromatic nitrogens is 2. The molecular weight excluding hydrogens is 278 g/mol. The van der Waals surface area contributed by atoms with Gasteiger partial charge < -0.3 is 14.5 Å². The molecule has 1 atom stereocenters. The van der Waals surface area contributed by atoms with Gasteiger partial charge in [-0.25, -0.2) is 4.98 Å². The molecule has 0 radical (unpaired) electrons. The quantitative estimate of drug-likeness (QED) is 0.920. The van der Waals surface area contributed by atoms with Gasteiger partial charge in [0.1, 0.15) is 5.65 Å². The van der Waals surface area contributed by atoms with Crippen LogP contribution in [0.4, 0.5) is 0 Å². The number of hydrogen-bond acceptors (Lipinski definition) is 3. The zero-order valence-corrected chi connectivity index (χ0v) is 13.0. The highest BCUT2D eigenvalue weighted by molar-refractivity contribution is 5.78. The van der Waals surface area contributed by atoms with Gasteiger partial charge in [-0.1, -0.05) is 6.07 Å². The minimum absolute atomic E-state index is 0.0606. The average molecular weight is 301 g/mol. The lowest BCUT2D eigenvalue weighted by Gasteiger charge is -2.21. The Morgan fingerprint density at radius 2 is 2.41 bits per heavy atom. The van der Waals surface area contributed by atoms with E-state index in [4.69, 9.17) is 4.74 Å². The van der Waals surface area contributed by atoms with E-state index < -0.39 is 0 Å². The van der Waals surface area contributed by atoms with Gasteiger partial charge in [0.2, 0.25) is 5.91 Å².